The van der Waals surface area contributed by atoms with Gasteiger partial charge in [0.05, 0.1) is 12.2 Å². The lowest BCUT2D eigenvalue weighted by Crippen LogP contribution is -2.39. The molecule has 0 fully saturated rings. The molecule has 1 atom stereocenters. The van der Waals surface area contributed by atoms with Crippen LogP contribution in [0.3, 0.4) is 0 Å². The SMILES string of the molecule is C=C(NC=NCC)NCCNC1CCc2cc(F)cc(F)c2C1.C=CNC=O.C=O.CC.CC.CCC.CCCO. The Hall–Kier alpha value is -3.11. The molecule has 0 saturated carbocycles. The molecule has 1 aromatic carbocycles. The average molecular weight is 588 g/mol. The molecule has 0 aromatic heterocycles. The molecule has 0 heterocycles. The monoisotopic (exact) mass is 587 g/mol. The minimum absolute atomic E-state index is 0.215. The van der Waals surface area contributed by atoms with Gasteiger partial charge in [0.1, 0.15) is 18.4 Å². The van der Waals surface area contributed by atoms with E-state index in [2.05, 4.69) is 53.3 Å². The Labute approximate surface area is 249 Å². The highest BCUT2D eigenvalue weighted by molar-refractivity contribution is 5.56. The van der Waals surface area contributed by atoms with Crippen molar-refractivity contribution >= 4 is 19.5 Å². The van der Waals surface area contributed by atoms with Crippen LogP contribution in [0.5, 0.6) is 0 Å². The number of rotatable bonds is 11. The van der Waals surface area contributed by atoms with E-state index in [1.807, 2.05) is 48.3 Å². The molecule has 0 aliphatic heterocycles. The van der Waals surface area contributed by atoms with Crippen LogP contribution >= 0.6 is 0 Å². The van der Waals surface area contributed by atoms with E-state index in [0.29, 0.717) is 43.8 Å². The topological polar surface area (TPSA) is 115 Å². The number of aryl methyl sites for hydroxylation is 1. The molecule has 1 aliphatic rings. The number of aliphatic hydroxyl groups is 1. The van der Waals surface area contributed by atoms with Crippen molar-refractivity contribution in [3.05, 3.63) is 60.1 Å². The van der Waals surface area contributed by atoms with Gasteiger partial charge in [0.25, 0.3) is 0 Å². The molecule has 0 bridgehead atoms. The maximum absolute atomic E-state index is 13.8. The van der Waals surface area contributed by atoms with Gasteiger partial charge in [0, 0.05) is 38.3 Å². The van der Waals surface area contributed by atoms with E-state index in [4.69, 9.17) is 9.90 Å². The molecule has 10 heteroatoms. The summed E-state index contributed by atoms with van der Waals surface area (Å²) in [4.78, 5) is 21.3. The predicted molar refractivity (Wildman–Crippen MR) is 172 cm³/mol. The van der Waals surface area contributed by atoms with Crippen molar-refractivity contribution in [2.75, 3.05) is 26.2 Å². The third-order valence-corrected chi connectivity index (χ3v) is 4.28. The first-order chi connectivity index (χ1) is 19.8. The van der Waals surface area contributed by atoms with Gasteiger partial charge in [-0.05, 0) is 56.0 Å². The van der Waals surface area contributed by atoms with Crippen molar-refractivity contribution in [1.82, 2.24) is 21.3 Å². The van der Waals surface area contributed by atoms with E-state index < -0.39 is 11.6 Å². The Kier molecular flexibility index (Phi) is 48.1. The van der Waals surface area contributed by atoms with Crippen LogP contribution in [0.4, 0.5) is 8.78 Å². The van der Waals surface area contributed by atoms with Crippen LogP contribution in [0.15, 0.2) is 42.3 Å². The molecule has 1 unspecified atom stereocenters. The van der Waals surface area contributed by atoms with Gasteiger partial charge in [-0.1, -0.05) is 68.0 Å². The molecule has 0 radical (unpaired) electrons. The number of aliphatic hydroxyl groups excluding tert-OH is 1. The summed E-state index contributed by atoms with van der Waals surface area (Å²) in [5.74, 6) is -0.230. The highest BCUT2D eigenvalue weighted by atomic mass is 19.1. The molecule has 1 aromatic rings. The summed E-state index contributed by atoms with van der Waals surface area (Å²) in [6.45, 7) is 27.7. The molecule has 0 spiro atoms. The molecule has 0 saturated heterocycles. The van der Waals surface area contributed by atoms with Gasteiger partial charge in [0.2, 0.25) is 6.41 Å². The quantitative estimate of drug-likeness (QED) is 0.0988. The fourth-order valence-corrected chi connectivity index (χ4v) is 2.76. The zero-order valence-electron chi connectivity index (χ0n) is 26.9. The number of halogens is 2. The zero-order chi connectivity index (χ0) is 32.9. The first-order valence-corrected chi connectivity index (χ1v) is 14.4. The Bertz CT molecular complexity index is 743. The summed E-state index contributed by atoms with van der Waals surface area (Å²) >= 11 is 0. The summed E-state index contributed by atoms with van der Waals surface area (Å²) in [5.41, 5.74) is 1.44. The molecule has 5 N–H and O–H groups in total. The number of aliphatic imine (C=N–C) groups is 1. The second-order valence-corrected chi connectivity index (χ2v) is 7.52. The Balaban J connectivity index is -0.000000199. The maximum atomic E-state index is 13.8. The number of hydrogen-bond donors (Lipinski definition) is 5. The number of nitrogens with zero attached hydrogens (tertiary/aromatic N) is 1. The Morgan fingerprint density at radius 3 is 2.10 bits per heavy atom. The number of carbonyl (C=O) groups excluding carboxylic acids is 2. The number of nitrogens with one attached hydrogen (secondary N) is 4. The van der Waals surface area contributed by atoms with Gasteiger partial charge in [-0.15, -0.1) is 0 Å². The van der Waals surface area contributed by atoms with E-state index in [1.54, 1.807) is 6.34 Å². The second kappa shape index (κ2) is 41.4. The normalized spacial score (nSPS) is 11.8. The van der Waals surface area contributed by atoms with Gasteiger partial charge < -0.3 is 31.2 Å². The fourth-order valence-electron chi connectivity index (χ4n) is 2.76. The molecule has 240 valence electrons. The lowest BCUT2D eigenvalue weighted by atomic mass is 9.88. The van der Waals surface area contributed by atoms with Gasteiger partial charge in [0.15, 0.2) is 0 Å². The third-order valence-electron chi connectivity index (χ3n) is 4.28. The fraction of sp³-hybridized carbons (Fsp3) is 0.581. The predicted octanol–water partition coefficient (Wildman–Crippen LogP) is 5.66. The van der Waals surface area contributed by atoms with Crippen LogP contribution < -0.4 is 21.3 Å². The van der Waals surface area contributed by atoms with Gasteiger partial charge in [-0.3, -0.25) is 9.79 Å². The minimum Gasteiger partial charge on any atom is -0.396 e. The summed E-state index contributed by atoms with van der Waals surface area (Å²) < 4.78 is 27.0. The van der Waals surface area contributed by atoms with Crippen molar-refractivity contribution in [1.29, 1.82) is 0 Å². The van der Waals surface area contributed by atoms with Gasteiger partial charge in [-0.2, -0.15) is 0 Å². The van der Waals surface area contributed by atoms with Gasteiger partial charge >= 0.3 is 0 Å². The summed E-state index contributed by atoms with van der Waals surface area (Å²) in [7, 11) is 0. The standard InChI is InChI=1S/C17H24F2N4.C3H5NO.C3H8O.C3H8.2C2H6.CH2O/c1-3-20-11-23-12(2)21-6-7-22-15-5-4-13-8-14(18)9-17(19)16(13)10-15;1-2-4-3-5;1-2-3-4;1-3-2;3*1-2/h8-9,11,15,21-22H,2-7,10H2,1H3,(H,20,23);2-3H,1H2,(H,4,5);4H,2-3H2,1H3;3H2,1-2H3;2*1-2H3;1H2. The number of carbonyl (C=O) groups is 2. The van der Waals surface area contributed by atoms with E-state index in [-0.39, 0.29) is 6.04 Å². The summed E-state index contributed by atoms with van der Waals surface area (Å²) in [5, 5.41) is 19.5. The van der Waals surface area contributed by atoms with E-state index >= 15 is 0 Å². The summed E-state index contributed by atoms with van der Waals surface area (Å²) in [6, 6.07) is 2.63. The second-order valence-electron chi connectivity index (χ2n) is 7.52. The van der Waals surface area contributed by atoms with Crippen molar-refractivity contribution in [3.8, 4) is 0 Å². The minimum atomic E-state index is -0.491. The smallest absolute Gasteiger partial charge is 0.211 e. The third kappa shape index (κ3) is 33.0. The number of amides is 1. The largest absolute Gasteiger partial charge is 0.396 e. The first-order valence-electron chi connectivity index (χ1n) is 14.4. The lowest BCUT2D eigenvalue weighted by molar-refractivity contribution is -0.108. The van der Waals surface area contributed by atoms with Crippen LogP contribution in [-0.4, -0.2) is 56.9 Å². The lowest BCUT2D eigenvalue weighted by Gasteiger charge is -2.26. The first kappa shape index (κ1) is 47.7. The molecule has 8 nitrogen and oxygen atoms in total. The van der Waals surface area contributed by atoms with Crippen LogP contribution in [0.25, 0.3) is 0 Å². The van der Waals surface area contributed by atoms with Crippen molar-refractivity contribution in [2.45, 2.75) is 93.5 Å². The van der Waals surface area contributed by atoms with Crippen molar-refractivity contribution in [2.24, 2.45) is 4.99 Å². The molecule has 2 rings (SSSR count). The van der Waals surface area contributed by atoms with E-state index in [0.717, 1.165) is 37.6 Å². The number of hydrogen-bond acceptors (Lipinski definition) is 6. The Morgan fingerprint density at radius 2 is 1.66 bits per heavy atom. The van der Waals surface area contributed by atoms with Crippen LogP contribution in [-0.2, 0) is 22.4 Å². The van der Waals surface area contributed by atoms with Crippen LogP contribution in [0.1, 0.15) is 85.8 Å². The van der Waals surface area contributed by atoms with E-state index in [1.165, 1.54) is 18.7 Å². The molecular formula is C31H59F2N5O3. The van der Waals surface area contributed by atoms with Crippen molar-refractivity contribution < 1.29 is 23.5 Å². The highest BCUT2D eigenvalue weighted by Gasteiger charge is 2.21. The summed E-state index contributed by atoms with van der Waals surface area (Å²) in [6.07, 6.45) is 7.81. The van der Waals surface area contributed by atoms with Crippen LogP contribution in [0, 0.1) is 11.6 Å². The zero-order valence-corrected chi connectivity index (χ0v) is 26.9. The highest BCUT2D eigenvalue weighted by Crippen LogP contribution is 2.25. The molecular weight excluding hydrogens is 528 g/mol. The number of fused-ring (bicyclic) bond motifs is 1. The molecule has 1 aliphatic carbocycles. The van der Waals surface area contributed by atoms with Crippen molar-refractivity contribution in [3.63, 3.8) is 0 Å². The number of benzene rings is 1. The van der Waals surface area contributed by atoms with E-state index in [9.17, 15) is 13.6 Å². The van der Waals surface area contributed by atoms with Crippen LogP contribution in [0.2, 0.25) is 0 Å². The maximum Gasteiger partial charge on any atom is 0.211 e. The average Bonchev–Trinajstić information content (AvgIpc) is 3.00. The molecule has 1 amide bonds. The van der Waals surface area contributed by atoms with Gasteiger partial charge in [-0.25, -0.2) is 8.78 Å². The Morgan fingerprint density at radius 1 is 1.10 bits per heavy atom. The molecule has 41 heavy (non-hydrogen) atoms.